The van der Waals surface area contributed by atoms with Gasteiger partial charge in [0.05, 0.1) is 5.37 Å². The number of thiol groups is 1. The van der Waals surface area contributed by atoms with E-state index in [2.05, 4.69) is 42.2 Å². The van der Waals surface area contributed by atoms with Crippen molar-refractivity contribution in [3.05, 3.63) is 35.4 Å². The Hall–Kier alpha value is -0.470. The molecule has 1 nitrogen and oxygen atoms in total. The topological polar surface area (TPSA) is 12.0 Å². The molecule has 1 aliphatic heterocycles. The van der Waals surface area contributed by atoms with Gasteiger partial charge in [-0.3, -0.25) is 5.32 Å². The van der Waals surface area contributed by atoms with Crippen LogP contribution in [-0.4, -0.2) is 0 Å². The van der Waals surface area contributed by atoms with E-state index in [1.807, 2.05) is 0 Å². The average molecular weight is 151 g/mol. The second-order valence-electron chi connectivity index (χ2n) is 2.48. The van der Waals surface area contributed by atoms with Crippen LogP contribution in [0.3, 0.4) is 0 Å². The van der Waals surface area contributed by atoms with Crippen LogP contribution in [0.15, 0.2) is 24.3 Å². The molecular weight excluding hydrogens is 142 g/mol. The summed E-state index contributed by atoms with van der Waals surface area (Å²) >= 11 is 4.36. The highest BCUT2D eigenvalue weighted by Gasteiger charge is 2.16. The van der Waals surface area contributed by atoms with Crippen LogP contribution in [0.4, 0.5) is 0 Å². The van der Waals surface area contributed by atoms with Gasteiger partial charge in [-0.2, -0.15) is 12.6 Å². The maximum Gasteiger partial charge on any atom is 0.0765 e. The normalized spacial score (nSPS) is 22.7. The Kier molecular flexibility index (Phi) is 1.43. The van der Waals surface area contributed by atoms with E-state index in [1.165, 1.54) is 11.1 Å². The first-order valence-corrected chi connectivity index (χ1v) is 3.89. The maximum atomic E-state index is 4.36. The number of benzene rings is 1. The van der Waals surface area contributed by atoms with Crippen LogP contribution in [0.2, 0.25) is 0 Å². The van der Waals surface area contributed by atoms with Crippen molar-refractivity contribution >= 4 is 12.6 Å². The molecule has 1 aromatic rings. The molecule has 0 saturated heterocycles. The standard InChI is InChI=1S/C8H9NS/c10-8-7-4-2-1-3-6(7)5-9-8/h1-4,8-10H,5H2. The lowest BCUT2D eigenvalue weighted by Gasteiger charge is -2.00. The smallest absolute Gasteiger partial charge is 0.0765 e. The minimum absolute atomic E-state index is 0.246. The van der Waals surface area contributed by atoms with Gasteiger partial charge in [-0.15, -0.1) is 0 Å². The molecule has 0 fully saturated rings. The van der Waals surface area contributed by atoms with Crippen LogP contribution in [0.25, 0.3) is 0 Å². The van der Waals surface area contributed by atoms with E-state index in [1.54, 1.807) is 0 Å². The summed E-state index contributed by atoms with van der Waals surface area (Å²) < 4.78 is 0. The quantitative estimate of drug-likeness (QED) is 0.538. The van der Waals surface area contributed by atoms with Gasteiger partial charge in [0.1, 0.15) is 0 Å². The van der Waals surface area contributed by atoms with Crippen molar-refractivity contribution in [3.8, 4) is 0 Å². The monoisotopic (exact) mass is 151 g/mol. The molecular formula is C8H9NS. The summed E-state index contributed by atoms with van der Waals surface area (Å²) in [6.07, 6.45) is 0. The maximum absolute atomic E-state index is 4.36. The molecule has 2 heteroatoms. The molecule has 1 aromatic carbocycles. The highest BCUT2D eigenvalue weighted by Crippen LogP contribution is 2.26. The first-order chi connectivity index (χ1) is 4.88. The zero-order chi connectivity index (χ0) is 6.97. The van der Waals surface area contributed by atoms with Crippen LogP contribution in [0, 0.1) is 0 Å². The van der Waals surface area contributed by atoms with Gasteiger partial charge in [0.15, 0.2) is 0 Å². The van der Waals surface area contributed by atoms with Crippen molar-refractivity contribution in [3.63, 3.8) is 0 Å². The SMILES string of the molecule is SC1NCc2ccccc21. The first-order valence-electron chi connectivity index (χ1n) is 3.37. The summed E-state index contributed by atoms with van der Waals surface area (Å²) in [4.78, 5) is 0. The summed E-state index contributed by atoms with van der Waals surface area (Å²) in [6, 6.07) is 8.37. The van der Waals surface area contributed by atoms with E-state index < -0.39 is 0 Å². The van der Waals surface area contributed by atoms with Crippen molar-refractivity contribution in [2.75, 3.05) is 0 Å². The largest absolute Gasteiger partial charge is 0.298 e. The molecule has 0 saturated carbocycles. The molecule has 0 amide bonds. The molecule has 10 heavy (non-hydrogen) atoms. The predicted octanol–water partition coefficient (Wildman–Crippen LogP) is 1.72. The zero-order valence-electron chi connectivity index (χ0n) is 5.54. The van der Waals surface area contributed by atoms with E-state index >= 15 is 0 Å². The molecule has 0 aliphatic carbocycles. The van der Waals surface area contributed by atoms with E-state index in [0.717, 1.165) is 6.54 Å². The number of nitrogens with one attached hydrogen (secondary N) is 1. The van der Waals surface area contributed by atoms with Gasteiger partial charge < -0.3 is 0 Å². The van der Waals surface area contributed by atoms with Crippen molar-refractivity contribution in [2.24, 2.45) is 0 Å². The Labute approximate surface area is 65.9 Å². The lowest BCUT2D eigenvalue weighted by molar-refractivity contribution is 0.752. The van der Waals surface area contributed by atoms with Gasteiger partial charge in [-0.05, 0) is 11.1 Å². The average Bonchev–Trinajstić information content (AvgIpc) is 2.34. The Morgan fingerprint density at radius 3 is 3.00 bits per heavy atom. The van der Waals surface area contributed by atoms with E-state index in [-0.39, 0.29) is 5.37 Å². The van der Waals surface area contributed by atoms with Crippen molar-refractivity contribution in [1.29, 1.82) is 0 Å². The molecule has 0 bridgehead atoms. The Balaban J connectivity index is 2.51. The van der Waals surface area contributed by atoms with Gasteiger partial charge in [-0.1, -0.05) is 24.3 Å². The van der Waals surface area contributed by atoms with Crippen molar-refractivity contribution in [1.82, 2.24) is 5.32 Å². The molecule has 1 atom stereocenters. The van der Waals surface area contributed by atoms with Gasteiger partial charge in [0.2, 0.25) is 0 Å². The summed E-state index contributed by atoms with van der Waals surface area (Å²) in [5, 5.41) is 3.50. The summed E-state index contributed by atoms with van der Waals surface area (Å²) in [5.74, 6) is 0. The first kappa shape index (κ1) is 6.25. The van der Waals surface area contributed by atoms with Crippen LogP contribution in [0.5, 0.6) is 0 Å². The Morgan fingerprint density at radius 1 is 1.40 bits per heavy atom. The number of hydrogen-bond acceptors (Lipinski definition) is 2. The molecule has 1 N–H and O–H groups in total. The molecule has 0 spiro atoms. The fraction of sp³-hybridized carbons (Fsp3) is 0.250. The lowest BCUT2D eigenvalue weighted by Crippen LogP contribution is -2.04. The van der Waals surface area contributed by atoms with Gasteiger partial charge >= 0.3 is 0 Å². The molecule has 1 aliphatic rings. The van der Waals surface area contributed by atoms with E-state index in [4.69, 9.17) is 0 Å². The third-order valence-electron chi connectivity index (χ3n) is 1.84. The summed E-state index contributed by atoms with van der Waals surface area (Å²) in [6.45, 7) is 0.963. The third kappa shape index (κ3) is 0.842. The van der Waals surface area contributed by atoms with Crippen molar-refractivity contribution in [2.45, 2.75) is 11.9 Å². The van der Waals surface area contributed by atoms with Crippen LogP contribution in [0.1, 0.15) is 16.5 Å². The fourth-order valence-corrected chi connectivity index (χ4v) is 1.62. The number of fused-ring (bicyclic) bond motifs is 1. The minimum Gasteiger partial charge on any atom is -0.298 e. The Bertz CT molecular complexity index is 247. The van der Waals surface area contributed by atoms with Crippen LogP contribution >= 0.6 is 12.6 Å². The van der Waals surface area contributed by atoms with Crippen LogP contribution < -0.4 is 5.32 Å². The zero-order valence-corrected chi connectivity index (χ0v) is 6.44. The van der Waals surface area contributed by atoms with E-state index in [9.17, 15) is 0 Å². The number of rotatable bonds is 0. The van der Waals surface area contributed by atoms with Gasteiger partial charge in [-0.25, -0.2) is 0 Å². The molecule has 2 rings (SSSR count). The molecule has 1 heterocycles. The summed E-state index contributed by atoms with van der Waals surface area (Å²) in [5.41, 5.74) is 2.70. The highest BCUT2D eigenvalue weighted by atomic mass is 32.1. The highest BCUT2D eigenvalue weighted by molar-refractivity contribution is 7.80. The van der Waals surface area contributed by atoms with Crippen molar-refractivity contribution < 1.29 is 0 Å². The second kappa shape index (κ2) is 2.29. The van der Waals surface area contributed by atoms with Gasteiger partial charge in [0, 0.05) is 6.54 Å². The fourth-order valence-electron chi connectivity index (χ4n) is 1.28. The Morgan fingerprint density at radius 2 is 2.20 bits per heavy atom. The number of hydrogen-bond donors (Lipinski definition) is 2. The minimum atomic E-state index is 0.246. The van der Waals surface area contributed by atoms with Crippen LogP contribution in [-0.2, 0) is 6.54 Å². The predicted molar refractivity (Wildman–Crippen MR) is 45.0 cm³/mol. The molecule has 52 valence electrons. The second-order valence-corrected chi connectivity index (χ2v) is 3.00. The molecule has 1 unspecified atom stereocenters. The molecule has 0 aromatic heterocycles. The summed E-state index contributed by atoms with van der Waals surface area (Å²) in [7, 11) is 0. The van der Waals surface area contributed by atoms with E-state index in [0.29, 0.717) is 0 Å². The lowest BCUT2D eigenvalue weighted by atomic mass is 10.1. The van der Waals surface area contributed by atoms with Gasteiger partial charge in [0.25, 0.3) is 0 Å². The molecule has 0 radical (unpaired) electrons. The third-order valence-corrected chi connectivity index (χ3v) is 2.30.